The largest absolute Gasteiger partial charge is 0.449 e. The number of thioether (sulfide) groups is 1. The molecule has 0 spiro atoms. The fraction of sp³-hybridized carbons (Fsp3) is 0.588. The van der Waals surface area contributed by atoms with Crippen LogP contribution in [0, 0.1) is 5.92 Å². The van der Waals surface area contributed by atoms with Crippen LogP contribution in [0.1, 0.15) is 49.9 Å². The minimum absolute atomic E-state index is 0.178. The van der Waals surface area contributed by atoms with Crippen molar-refractivity contribution >= 4 is 23.6 Å². The maximum Gasteiger partial charge on any atom is 0.341 e. The molecule has 5 nitrogen and oxygen atoms in total. The van der Waals surface area contributed by atoms with Gasteiger partial charge in [-0.05, 0) is 44.1 Å². The number of aromatic nitrogens is 1. The summed E-state index contributed by atoms with van der Waals surface area (Å²) in [6, 6.07) is 3.53. The molecule has 23 heavy (non-hydrogen) atoms. The summed E-state index contributed by atoms with van der Waals surface area (Å²) in [5.74, 6) is -0.273. The molecule has 2 rings (SSSR count). The zero-order valence-corrected chi connectivity index (χ0v) is 14.7. The van der Waals surface area contributed by atoms with Gasteiger partial charge in [-0.3, -0.25) is 4.79 Å². The molecule has 0 aliphatic heterocycles. The van der Waals surface area contributed by atoms with Gasteiger partial charge in [0.15, 0.2) is 6.10 Å². The average Bonchev–Trinajstić information content (AvgIpc) is 2.56. The lowest BCUT2D eigenvalue weighted by Crippen LogP contribution is -2.46. The molecule has 1 aromatic rings. The van der Waals surface area contributed by atoms with Crippen LogP contribution in [0.5, 0.6) is 0 Å². The fourth-order valence-electron chi connectivity index (χ4n) is 2.82. The van der Waals surface area contributed by atoms with Crippen molar-refractivity contribution in [2.24, 2.45) is 5.92 Å². The van der Waals surface area contributed by atoms with Crippen molar-refractivity contribution in [1.29, 1.82) is 0 Å². The van der Waals surface area contributed by atoms with Crippen molar-refractivity contribution in [3.8, 4) is 0 Å². The quantitative estimate of drug-likeness (QED) is 0.661. The number of rotatable bonds is 5. The summed E-state index contributed by atoms with van der Waals surface area (Å²) in [6.07, 6.45) is 7.14. The topological polar surface area (TPSA) is 68.3 Å². The first kappa shape index (κ1) is 17.8. The third-order valence-electron chi connectivity index (χ3n) is 4.28. The average molecular weight is 336 g/mol. The van der Waals surface area contributed by atoms with Crippen LogP contribution in [-0.4, -0.2) is 35.3 Å². The maximum atomic E-state index is 12.3. The van der Waals surface area contributed by atoms with Crippen molar-refractivity contribution < 1.29 is 14.3 Å². The Morgan fingerprint density at radius 3 is 2.83 bits per heavy atom. The Kier molecular flexibility index (Phi) is 6.45. The Labute approximate surface area is 141 Å². The molecule has 1 N–H and O–H groups in total. The summed E-state index contributed by atoms with van der Waals surface area (Å²) in [5, 5.41) is 3.62. The first-order valence-corrected chi connectivity index (χ1v) is 9.25. The molecule has 3 atom stereocenters. The van der Waals surface area contributed by atoms with Crippen molar-refractivity contribution in [1.82, 2.24) is 10.3 Å². The second-order valence-corrected chi connectivity index (χ2v) is 6.78. The van der Waals surface area contributed by atoms with E-state index in [9.17, 15) is 9.59 Å². The lowest BCUT2D eigenvalue weighted by molar-refractivity contribution is -0.130. The number of pyridine rings is 1. The van der Waals surface area contributed by atoms with Crippen molar-refractivity contribution in [3.05, 3.63) is 23.9 Å². The number of ether oxygens (including phenoxy) is 1. The van der Waals surface area contributed by atoms with Crippen LogP contribution in [0.3, 0.4) is 0 Å². The highest BCUT2D eigenvalue weighted by molar-refractivity contribution is 7.98. The molecule has 0 aromatic carbocycles. The summed E-state index contributed by atoms with van der Waals surface area (Å²) >= 11 is 1.38. The number of esters is 1. The first-order valence-electron chi connectivity index (χ1n) is 8.03. The highest BCUT2D eigenvalue weighted by atomic mass is 32.2. The normalized spacial score (nSPS) is 22.2. The molecule has 1 aromatic heterocycles. The summed E-state index contributed by atoms with van der Waals surface area (Å²) in [5.41, 5.74) is 0.394. The van der Waals surface area contributed by atoms with Gasteiger partial charge >= 0.3 is 5.97 Å². The Hall–Kier alpha value is -1.56. The van der Waals surface area contributed by atoms with E-state index < -0.39 is 12.1 Å². The summed E-state index contributed by atoms with van der Waals surface area (Å²) < 4.78 is 5.31. The highest BCUT2D eigenvalue weighted by Gasteiger charge is 2.27. The van der Waals surface area contributed by atoms with E-state index in [0.717, 1.165) is 19.3 Å². The van der Waals surface area contributed by atoms with Crippen LogP contribution in [0.15, 0.2) is 23.4 Å². The maximum absolute atomic E-state index is 12.3. The number of hydrogen-bond donors (Lipinski definition) is 1. The summed E-state index contributed by atoms with van der Waals surface area (Å²) in [6.45, 7) is 3.76. The van der Waals surface area contributed by atoms with Gasteiger partial charge in [0.25, 0.3) is 5.91 Å². The standard InChI is InChI=1S/C17H24N2O3S/c1-11-7-4-5-9-14(11)19-15(20)12(2)22-17(21)13-8-6-10-18-16(13)23-3/h6,8,10-12,14H,4-5,7,9H2,1-3H3,(H,19,20)/t11-,12-,14-/m1/s1. The zero-order chi connectivity index (χ0) is 16.8. The lowest BCUT2D eigenvalue weighted by atomic mass is 9.86. The zero-order valence-electron chi connectivity index (χ0n) is 13.9. The van der Waals surface area contributed by atoms with Gasteiger partial charge in [0.1, 0.15) is 5.03 Å². The predicted octanol–water partition coefficient (Wildman–Crippen LogP) is 3.04. The van der Waals surface area contributed by atoms with Gasteiger partial charge in [-0.15, -0.1) is 11.8 Å². The number of hydrogen-bond acceptors (Lipinski definition) is 5. The van der Waals surface area contributed by atoms with E-state index in [-0.39, 0.29) is 11.9 Å². The minimum Gasteiger partial charge on any atom is -0.449 e. The van der Waals surface area contributed by atoms with E-state index in [1.54, 1.807) is 25.3 Å². The number of carbonyl (C=O) groups excluding carboxylic acids is 2. The molecule has 0 saturated heterocycles. The van der Waals surface area contributed by atoms with E-state index in [2.05, 4.69) is 17.2 Å². The van der Waals surface area contributed by atoms with Crippen LogP contribution in [-0.2, 0) is 9.53 Å². The Morgan fingerprint density at radius 1 is 1.39 bits per heavy atom. The Bertz CT molecular complexity index is 565. The van der Waals surface area contributed by atoms with Crippen LogP contribution in [0.2, 0.25) is 0 Å². The first-order chi connectivity index (χ1) is 11.0. The van der Waals surface area contributed by atoms with E-state index in [4.69, 9.17) is 4.74 Å². The third-order valence-corrected chi connectivity index (χ3v) is 4.99. The van der Waals surface area contributed by atoms with Crippen molar-refractivity contribution in [3.63, 3.8) is 0 Å². The van der Waals surface area contributed by atoms with Gasteiger partial charge in [0, 0.05) is 12.2 Å². The number of carbonyl (C=O) groups is 2. The Balaban J connectivity index is 1.93. The molecule has 1 fully saturated rings. The molecule has 1 amide bonds. The smallest absolute Gasteiger partial charge is 0.341 e. The molecule has 1 heterocycles. The van der Waals surface area contributed by atoms with Gasteiger partial charge in [-0.2, -0.15) is 0 Å². The van der Waals surface area contributed by atoms with Crippen molar-refractivity contribution in [2.45, 2.75) is 56.7 Å². The Morgan fingerprint density at radius 2 is 2.13 bits per heavy atom. The third kappa shape index (κ3) is 4.70. The van der Waals surface area contributed by atoms with Gasteiger partial charge in [0.05, 0.1) is 5.56 Å². The van der Waals surface area contributed by atoms with E-state index in [0.29, 0.717) is 16.5 Å². The van der Waals surface area contributed by atoms with Crippen molar-refractivity contribution in [2.75, 3.05) is 6.26 Å². The van der Waals surface area contributed by atoms with E-state index in [1.807, 2.05) is 6.26 Å². The van der Waals surface area contributed by atoms with E-state index in [1.165, 1.54) is 18.2 Å². The van der Waals surface area contributed by atoms with Crippen LogP contribution in [0.25, 0.3) is 0 Å². The van der Waals surface area contributed by atoms with Crippen LogP contribution in [0.4, 0.5) is 0 Å². The van der Waals surface area contributed by atoms with E-state index >= 15 is 0 Å². The molecule has 0 unspecified atom stereocenters. The molecule has 0 bridgehead atoms. The minimum atomic E-state index is -0.813. The second-order valence-electron chi connectivity index (χ2n) is 5.98. The molecule has 1 aliphatic rings. The highest BCUT2D eigenvalue weighted by Crippen LogP contribution is 2.24. The molecular formula is C17H24N2O3S. The van der Waals surface area contributed by atoms with Crippen LogP contribution >= 0.6 is 11.8 Å². The van der Waals surface area contributed by atoms with Gasteiger partial charge in [-0.25, -0.2) is 9.78 Å². The number of amides is 1. The second kappa shape index (κ2) is 8.34. The van der Waals surface area contributed by atoms with Gasteiger partial charge in [0.2, 0.25) is 0 Å². The lowest BCUT2D eigenvalue weighted by Gasteiger charge is -2.30. The van der Waals surface area contributed by atoms with Crippen LogP contribution < -0.4 is 5.32 Å². The molecule has 0 radical (unpaired) electrons. The molecule has 126 valence electrons. The summed E-state index contributed by atoms with van der Waals surface area (Å²) in [4.78, 5) is 28.6. The SMILES string of the molecule is CSc1ncccc1C(=O)O[C@H](C)C(=O)N[C@@H]1CCCC[C@H]1C. The predicted molar refractivity (Wildman–Crippen MR) is 90.5 cm³/mol. The number of nitrogens with zero attached hydrogens (tertiary/aromatic N) is 1. The summed E-state index contributed by atoms with van der Waals surface area (Å²) in [7, 11) is 0. The molecule has 1 saturated carbocycles. The van der Waals surface area contributed by atoms with Gasteiger partial charge < -0.3 is 10.1 Å². The monoisotopic (exact) mass is 336 g/mol. The molecular weight excluding hydrogens is 312 g/mol. The molecule has 1 aliphatic carbocycles. The fourth-order valence-corrected chi connectivity index (χ4v) is 3.35. The van der Waals surface area contributed by atoms with Gasteiger partial charge in [-0.1, -0.05) is 19.8 Å². The number of nitrogens with one attached hydrogen (secondary N) is 1. The molecule has 6 heteroatoms.